The molecule has 0 aliphatic heterocycles. The van der Waals surface area contributed by atoms with Crippen LogP contribution in [-0.4, -0.2) is 31.1 Å². The van der Waals surface area contributed by atoms with Gasteiger partial charge in [0.15, 0.2) is 5.96 Å². The predicted octanol–water partition coefficient (Wildman–Crippen LogP) is 0.962. The highest BCUT2D eigenvalue weighted by Gasteiger charge is 2.02. The molecule has 0 atom stereocenters. The Bertz CT molecular complexity index is 354. The van der Waals surface area contributed by atoms with Crippen molar-refractivity contribution in [3.63, 3.8) is 0 Å². The summed E-state index contributed by atoms with van der Waals surface area (Å²) in [7, 11) is 1.66. The minimum atomic E-state index is 0.442. The summed E-state index contributed by atoms with van der Waals surface area (Å²) in [5, 5.41) is 3.00. The van der Waals surface area contributed by atoms with Crippen LogP contribution in [0.2, 0.25) is 0 Å². The second kappa shape index (κ2) is 6.73. The molecule has 0 aliphatic rings. The molecular formula is C12H21N5. The molecule has 5 heteroatoms. The largest absolute Gasteiger partial charge is 0.370 e. The van der Waals surface area contributed by atoms with Crippen LogP contribution in [-0.2, 0) is 6.54 Å². The molecule has 0 bridgehead atoms. The van der Waals surface area contributed by atoms with E-state index in [-0.39, 0.29) is 0 Å². The summed E-state index contributed by atoms with van der Waals surface area (Å²) in [5.41, 5.74) is 6.64. The molecule has 0 fully saturated rings. The second-order valence-corrected chi connectivity index (χ2v) is 3.66. The van der Waals surface area contributed by atoms with E-state index in [0.717, 1.165) is 24.5 Å². The first kappa shape index (κ1) is 13.3. The van der Waals surface area contributed by atoms with E-state index in [0.29, 0.717) is 12.5 Å². The third-order valence-electron chi connectivity index (χ3n) is 2.61. The average Bonchev–Trinajstić information content (AvgIpc) is 2.38. The van der Waals surface area contributed by atoms with E-state index in [4.69, 9.17) is 5.73 Å². The second-order valence-electron chi connectivity index (χ2n) is 3.66. The van der Waals surface area contributed by atoms with Crippen molar-refractivity contribution < 1.29 is 0 Å². The fourth-order valence-corrected chi connectivity index (χ4v) is 1.53. The van der Waals surface area contributed by atoms with Gasteiger partial charge in [0, 0.05) is 32.9 Å². The molecule has 0 aromatic carbocycles. The average molecular weight is 235 g/mol. The summed E-state index contributed by atoms with van der Waals surface area (Å²) in [6, 6.07) is 4.08. The predicted molar refractivity (Wildman–Crippen MR) is 72.2 cm³/mol. The van der Waals surface area contributed by atoms with Gasteiger partial charge in [-0.15, -0.1) is 0 Å². The Balaban J connectivity index is 2.61. The molecule has 1 aromatic heterocycles. The van der Waals surface area contributed by atoms with Crippen LogP contribution in [0.5, 0.6) is 0 Å². The van der Waals surface area contributed by atoms with Gasteiger partial charge in [-0.05, 0) is 25.5 Å². The molecule has 0 saturated heterocycles. The summed E-state index contributed by atoms with van der Waals surface area (Å²) in [6.45, 7) is 6.83. The summed E-state index contributed by atoms with van der Waals surface area (Å²) < 4.78 is 0. The first-order chi connectivity index (χ1) is 8.21. The van der Waals surface area contributed by atoms with Crippen LogP contribution in [0.3, 0.4) is 0 Å². The van der Waals surface area contributed by atoms with Crippen molar-refractivity contribution in [1.29, 1.82) is 0 Å². The number of hydrogen-bond acceptors (Lipinski definition) is 3. The van der Waals surface area contributed by atoms with Gasteiger partial charge in [0.05, 0.1) is 0 Å². The van der Waals surface area contributed by atoms with Crippen molar-refractivity contribution in [2.75, 3.05) is 25.0 Å². The molecule has 3 N–H and O–H groups in total. The standard InChI is InChI=1S/C12H21N5/c1-4-17(5-2)11-7-6-10(8-15-11)9-16-12(13)14-3/h6-8H,4-5,9H2,1-3H3,(H3,13,14,16). The zero-order valence-electron chi connectivity index (χ0n) is 10.8. The van der Waals surface area contributed by atoms with Crippen LogP contribution >= 0.6 is 0 Å². The highest BCUT2D eigenvalue weighted by molar-refractivity contribution is 5.77. The Morgan fingerprint density at radius 2 is 2.12 bits per heavy atom. The van der Waals surface area contributed by atoms with Gasteiger partial charge in [-0.1, -0.05) is 6.07 Å². The van der Waals surface area contributed by atoms with Crippen molar-refractivity contribution in [2.24, 2.45) is 10.7 Å². The quantitative estimate of drug-likeness (QED) is 0.589. The summed E-state index contributed by atoms with van der Waals surface area (Å²) in [4.78, 5) is 10.5. The van der Waals surface area contributed by atoms with Crippen LogP contribution in [0, 0.1) is 0 Å². The number of nitrogens with one attached hydrogen (secondary N) is 1. The molecule has 94 valence electrons. The van der Waals surface area contributed by atoms with Crippen molar-refractivity contribution in [1.82, 2.24) is 10.3 Å². The maximum atomic E-state index is 5.55. The Morgan fingerprint density at radius 1 is 1.41 bits per heavy atom. The van der Waals surface area contributed by atoms with Gasteiger partial charge in [0.2, 0.25) is 0 Å². The van der Waals surface area contributed by atoms with Crippen molar-refractivity contribution in [3.05, 3.63) is 23.9 Å². The lowest BCUT2D eigenvalue weighted by Crippen LogP contribution is -2.30. The number of pyridine rings is 1. The third kappa shape index (κ3) is 3.94. The first-order valence-electron chi connectivity index (χ1n) is 5.87. The molecule has 0 unspecified atom stereocenters. The minimum Gasteiger partial charge on any atom is -0.370 e. The fraction of sp³-hybridized carbons (Fsp3) is 0.500. The molecular weight excluding hydrogens is 214 g/mol. The number of aromatic nitrogens is 1. The number of rotatable bonds is 5. The van der Waals surface area contributed by atoms with E-state index < -0.39 is 0 Å². The number of guanidine groups is 1. The molecule has 0 spiro atoms. The number of aliphatic imine (C=N–C) groups is 1. The van der Waals surface area contributed by atoms with Crippen LogP contribution in [0.1, 0.15) is 19.4 Å². The lowest BCUT2D eigenvalue weighted by molar-refractivity contribution is 0.838. The highest BCUT2D eigenvalue weighted by atomic mass is 15.2. The Hall–Kier alpha value is -1.78. The lowest BCUT2D eigenvalue weighted by Gasteiger charge is -2.19. The number of nitrogens with zero attached hydrogens (tertiary/aromatic N) is 3. The van der Waals surface area contributed by atoms with Crippen molar-refractivity contribution in [2.45, 2.75) is 20.4 Å². The van der Waals surface area contributed by atoms with Crippen molar-refractivity contribution >= 4 is 11.8 Å². The van der Waals surface area contributed by atoms with E-state index in [1.807, 2.05) is 12.3 Å². The topological polar surface area (TPSA) is 66.5 Å². The monoisotopic (exact) mass is 235 g/mol. The molecule has 0 saturated carbocycles. The van der Waals surface area contributed by atoms with Gasteiger partial charge in [-0.2, -0.15) is 0 Å². The highest BCUT2D eigenvalue weighted by Crippen LogP contribution is 2.10. The van der Waals surface area contributed by atoms with Gasteiger partial charge in [0.25, 0.3) is 0 Å². The van der Waals surface area contributed by atoms with Gasteiger partial charge in [-0.3, -0.25) is 4.99 Å². The van der Waals surface area contributed by atoms with Crippen LogP contribution in [0.4, 0.5) is 5.82 Å². The van der Waals surface area contributed by atoms with Crippen LogP contribution in [0.15, 0.2) is 23.3 Å². The summed E-state index contributed by atoms with van der Waals surface area (Å²) in [5.74, 6) is 1.45. The van der Waals surface area contributed by atoms with Crippen LogP contribution in [0.25, 0.3) is 0 Å². The number of anilines is 1. The molecule has 5 nitrogen and oxygen atoms in total. The van der Waals surface area contributed by atoms with E-state index >= 15 is 0 Å². The van der Waals surface area contributed by atoms with E-state index in [1.165, 1.54) is 0 Å². The maximum absolute atomic E-state index is 5.55. The van der Waals surface area contributed by atoms with E-state index in [9.17, 15) is 0 Å². The normalized spacial score (nSPS) is 11.4. The molecule has 17 heavy (non-hydrogen) atoms. The minimum absolute atomic E-state index is 0.442. The van der Waals surface area contributed by atoms with E-state index in [1.54, 1.807) is 7.05 Å². The fourth-order valence-electron chi connectivity index (χ4n) is 1.53. The number of nitrogens with two attached hydrogens (primary N) is 1. The Labute approximate surface area is 103 Å². The Kier molecular flexibility index (Phi) is 5.26. The first-order valence-corrected chi connectivity index (χ1v) is 5.87. The number of hydrogen-bond donors (Lipinski definition) is 2. The van der Waals surface area contributed by atoms with Gasteiger partial charge < -0.3 is 16.0 Å². The molecule has 0 aliphatic carbocycles. The lowest BCUT2D eigenvalue weighted by atomic mass is 10.2. The molecule has 1 rings (SSSR count). The third-order valence-corrected chi connectivity index (χ3v) is 2.61. The maximum Gasteiger partial charge on any atom is 0.188 e. The zero-order valence-corrected chi connectivity index (χ0v) is 10.8. The summed E-state index contributed by atoms with van der Waals surface area (Å²) in [6.07, 6.45) is 1.86. The molecule has 1 aromatic rings. The Morgan fingerprint density at radius 3 is 2.59 bits per heavy atom. The van der Waals surface area contributed by atoms with Gasteiger partial charge in [-0.25, -0.2) is 4.98 Å². The zero-order chi connectivity index (χ0) is 12.7. The summed E-state index contributed by atoms with van der Waals surface area (Å²) >= 11 is 0. The van der Waals surface area contributed by atoms with Crippen molar-refractivity contribution in [3.8, 4) is 0 Å². The van der Waals surface area contributed by atoms with E-state index in [2.05, 4.69) is 40.1 Å². The SMILES string of the molecule is CCN(CC)c1ccc(CNC(N)=NC)cn1. The van der Waals surface area contributed by atoms with Gasteiger partial charge >= 0.3 is 0 Å². The molecule has 1 heterocycles. The molecule has 0 radical (unpaired) electrons. The van der Waals surface area contributed by atoms with Gasteiger partial charge in [0.1, 0.15) is 5.82 Å². The van der Waals surface area contributed by atoms with Crippen LogP contribution < -0.4 is 16.0 Å². The smallest absolute Gasteiger partial charge is 0.188 e. The molecule has 0 amide bonds.